The number of imide groups is 1. The standard InChI is InChI=1S/C47H55BrN11O6P/c1-5-29-25-36(53-47-51-27-33(48)44(55-47)52-35-10-9-34-42(50-16-15-49-34)43(35)66(3,4)63)40(64-2)26-38(29)58-17-13-30(14-18-58)57-21-19-56(20-22-57)23-24-65-39-8-6-7-31-32(39)28-59(46(31)62)37-11-12-41(60)54-45(37)61/h6-10,15-16,25-27,30,37H,5,11-14,17-24,28H2,1-4H3,(H,54,60,61)(H2,51,52,53,55). The van der Waals surface area contributed by atoms with Crippen LogP contribution in [0.4, 0.5) is 28.8 Å². The van der Waals surface area contributed by atoms with Gasteiger partial charge in [-0.15, -0.1) is 0 Å². The second-order valence-corrected chi connectivity index (χ2v) is 21.5. The molecule has 0 aliphatic carbocycles. The first-order valence-corrected chi connectivity index (χ1v) is 26.0. The molecule has 3 aromatic carbocycles. The molecule has 1 unspecified atom stereocenters. The van der Waals surface area contributed by atoms with Gasteiger partial charge in [-0.1, -0.05) is 13.0 Å². The number of halogens is 1. The van der Waals surface area contributed by atoms with E-state index in [1.165, 1.54) is 11.3 Å². The van der Waals surface area contributed by atoms with Gasteiger partial charge in [-0.05, 0) is 90.8 Å². The number of carbonyl (C=O) groups is 3. The van der Waals surface area contributed by atoms with E-state index in [1.807, 2.05) is 24.3 Å². The third-order valence-electron chi connectivity index (χ3n) is 13.1. The van der Waals surface area contributed by atoms with Gasteiger partial charge in [0, 0.05) is 99.7 Å². The molecule has 0 spiro atoms. The van der Waals surface area contributed by atoms with Gasteiger partial charge in [0.15, 0.2) is 0 Å². The number of ether oxygens (including phenoxy) is 2. The fourth-order valence-corrected chi connectivity index (χ4v) is 11.4. The van der Waals surface area contributed by atoms with Gasteiger partial charge < -0.3 is 34.5 Å². The van der Waals surface area contributed by atoms with Crippen LogP contribution in [0.1, 0.15) is 54.1 Å². The Balaban J connectivity index is 0.781. The van der Waals surface area contributed by atoms with Crippen LogP contribution in [-0.2, 0) is 27.1 Å². The van der Waals surface area contributed by atoms with Crippen LogP contribution in [0.3, 0.4) is 0 Å². The molecule has 3 saturated heterocycles. The zero-order valence-electron chi connectivity index (χ0n) is 37.7. The van der Waals surface area contributed by atoms with Crippen molar-refractivity contribution in [2.24, 2.45) is 0 Å². The highest BCUT2D eigenvalue weighted by Gasteiger charge is 2.40. The van der Waals surface area contributed by atoms with Crippen LogP contribution in [0.15, 0.2) is 65.5 Å². The summed E-state index contributed by atoms with van der Waals surface area (Å²) in [6, 6.07) is 13.3. The zero-order valence-corrected chi connectivity index (χ0v) is 40.2. The Morgan fingerprint density at radius 1 is 0.909 bits per heavy atom. The van der Waals surface area contributed by atoms with Crippen LogP contribution in [0.5, 0.6) is 11.5 Å². The molecule has 4 aliphatic rings. The molecule has 5 aromatic rings. The summed E-state index contributed by atoms with van der Waals surface area (Å²) in [5, 5.41) is 9.76. The van der Waals surface area contributed by atoms with E-state index in [1.54, 1.807) is 50.0 Å². The number of anilines is 5. The number of rotatable bonds is 14. The SMILES string of the molecule is CCc1cc(Nc2ncc(Br)c(Nc3ccc4nccnc4c3P(C)(C)=O)n2)c(OC)cc1N1CCC(N2CCN(CCOc3cccc4c3CN(C3CCC(=O)NC3=O)C4=O)CC2)CC1. The number of piperazine rings is 1. The number of aryl methyl sites for hydroxylation is 1. The lowest BCUT2D eigenvalue weighted by Crippen LogP contribution is -2.53. The van der Waals surface area contributed by atoms with Crippen molar-refractivity contribution in [3.8, 4) is 11.5 Å². The molecule has 3 fully saturated rings. The number of amides is 3. The fraction of sp³-hybridized carbons (Fsp3) is 0.426. The number of piperidine rings is 2. The van der Waals surface area contributed by atoms with Crippen LogP contribution >= 0.6 is 23.1 Å². The van der Waals surface area contributed by atoms with Gasteiger partial charge in [0.1, 0.15) is 42.6 Å². The van der Waals surface area contributed by atoms with E-state index >= 15 is 0 Å². The highest BCUT2D eigenvalue weighted by atomic mass is 79.9. The maximum Gasteiger partial charge on any atom is 0.255 e. The minimum Gasteiger partial charge on any atom is -0.494 e. The first-order chi connectivity index (χ1) is 31.9. The lowest BCUT2D eigenvalue weighted by molar-refractivity contribution is -0.136. The highest BCUT2D eigenvalue weighted by molar-refractivity contribution is 9.10. The number of nitrogens with zero attached hydrogens (tertiary/aromatic N) is 8. The Hall–Kier alpha value is -5.68. The van der Waals surface area contributed by atoms with E-state index in [0.717, 1.165) is 76.3 Å². The maximum absolute atomic E-state index is 13.5. The van der Waals surface area contributed by atoms with Crippen molar-refractivity contribution in [2.45, 2.75) is 57.7 Å². The number of nitrogens with one attached hydrogen (secondary N) is 3. The van der Waals surface area contributed by atoms with Gasteiger partial charge in [0.25, 0.3) is 5.91 Å². The molecule has 66 heavy (non-hydrogen) atoms. The van der Waals surface area contributed by atoms with Crippen LogP contribution in [0.25, 0.3) is 11.0 Å². The molecule has 346 valence electrons. The Labute approximate surface area is 392 Å². The number of hydrogen-bond donors (Lipinski definition) is 3. The van der Waals surface area contributed by atoms with E-state index in [2.05, 4.69) is 80.6 Å². The topological polar surface area (TPSA) is 187 Å². The van der Waals surface area contributed by atoms with Crippen molar-refractivity contribution in [2.75, 3.05) is 88.4 Å². The Morgan fingerprint density at radius 2 is 1.70 bits per heavy atom. The number of carbonyl (C=O) groups excluding carboxylic acids is 3. The van der Waals surface area contributed by atoms with Gasteiger partial charge in [-0.3, -0.25) is 39.5 Å². The second-order valence-electron chi connectivity index (χ2n) is 17.5. The van der Waals surface area contributed by atoms with Crippen molar-refractivity contribution in [1.29, 1.82) is 0 Å². The molecule has 3 amide bonds. The number of benzene rings is 3. The fourth-order valence-electron chi connectivity index (χ4n) is 9.69. The van der Waals surface area contributed by atoms with E-state index in [4.69, 9.17) is 14.5 Å². The molecule has 2 aromatic heterocycles. The van der Waals surface area contributed by atoms with Crippen molar-refractivity contribution in [1.82, 2.24) is 40.0 Å². The molecule has 0 saturated carbocycles. The molecule has 6 heterocycles. The number of methoxy groups -OCH3 is 1. The van der Waals surface area contributed by atoms with E-state index < -0.39 is 19.1 Å². The maximum atomic E-state index is 13.5. The third-order valence-corrected chi connectivity index (χ3v) is 15.2. The average molecular weight is 981 g/mol. The normalized spacial score (nSPS) is 18.7. The lowest BCUT2D eigenvalue weighted by atomic mass is 9.99. The van der Waals surface area contributed by atoms with E-state index in [9.17, 15) is 18.9 Å². The van der Waals surface area contributed by atoms with Crippen LogP contribution in [0, 0.1) is 0 Å². The molecule has 0 bridgehead atoms. The molecule has 4 aliphatic heterocycles. The van der Waals surface area contributed by atoms with Gasteiger partial charge in [0.2, 0.25) is 17.8 Å². The van der Waals surface area contributed by atoms with E-state index in [0.29, 0.717) is 80.9 Å². The first kappa shape index (κ1) is 45.5. The number of aromatic nitrogens is 4. The number of fused-ring (bicyclic) bond motifs is 2. The molecule has 1 atom stereocenters. The summed E-state index contributed by atoms with van der Waals surface area (Å²) in [5.74, 6) is 1.33. The minimum absolute atomic E-state index is 0.197. The lowest BCUT2D eigenvalue weighted by Gasteiger charge is -2.43. The average Bonchev–Trinajstić information content (AvgIpc) is 3.65. The minimum atomic E-state index is -2.78. The van der Waals surface area contributed by atoms with Crippen molar-refractivity contribution in [3.63, 3.8) is 0 Å². The van der Waals surface area contributed by atoms with Crippen LogP contribution in [0.2, 0.25) is 0 Å². The Morgan fingerprint density at radius 3 is 2.44 bits per heavy atom. The second kappa shape index (κ2) is 19.3. The molecule has 0 radical (unpaired) electrons. The third kappa shape index (κ3) is 9.46. The largest absolute Gasteiger partial charge is 0.494 e. The molecular weight excluding hydrogens is 925 g/mol. The summed E-state index contributed by atoms with van der Waals surface area (Å²) in [7, 11) is -1.10. The first-order valence-electron chi connectivity index (χ1n) is 22.6. The summed E-state index contributed by atoms with van der Waals surface area (Å²) >= 11 is 3.60. The predicted molar refractivity (Wildman–Crippen MR) is 259 cm³/mol. The molecular formula is C47H55BrN11O6P. The number of hydrogen-bond acceptors (Lipinski definition) is 15. The molecule has 17 nitrogen and oxygen atoms in total. The Kier molecular flexibility index (Phi) is 13.3. The highest BCUT2D eigenvalue weighted by Crippen LogP contribution is 2.42. The molecule has 9 rings (SSSR count). The summed E-state index contributed by atoms with van der Waals surface area (Å²) in [6.45, 7) is 13.0. The van der Waals surface area contributed by atoms with Crippen LogP contribution in [-0.4, -0.2) is 137 Å². The quantitative estimate of drug-likeness (QED) is 0.0880. The summed E-state index contributed by atoms with van der Waals surface area (Å²) in [6.07, 6.45) is 8.44. The van der Waals surface area contributed by atoms with Gasteiger partial charge in [0.05, 0.1) is 40.3 Å². The van der Waals surface area contributed by atoms with Gasteiger partial charge >= 0.3 is 0 Å². The molecule has 19 heteroatoms. The van der Waals surface area contributed by atoms with Crippen molar-refractivity contribution in [3.05, 3.63) is 82.2 Å². The Bertz CT molecular complexity index is 2720. The van der Waals surface area contributed by atoms with E-state index in [-0.39, 0.29) is 18.2 Å². The predicted octanol–water partition coefficient (Wildman–Crippen LogP) is 5.91. The van der Waals surface area contributed by atoms with Crippen molar-refractivity contribution >= 4 is 86.0 Å². The van der Waals surface area contributed by atoms with Crippen LogP contribution < -0.4 is 35.6 Å². The summed E-state index contributed by atoms with van der Waals surface area (Å²) < 4.78 is 26.4. The summed E-state index contributed by atoms with van der Waals surface area (Å²) in [4.78, 5) is 64.9. The smallest absolute Gasteiger partial charge is 0.255 e. The van der Waals surface area contributed by atoms with Crippen molar-refractivity contribution < 1.29 is 28.4 Å². The molecule has 3 N–H and O–H groups in total. The van der Waals surface area contributed by atoms with Gasteiger partial charge in [-0.2, -0.15) is 4.98 Å². The summed E-state index contributed by atoms with van der Waals surface area (Å²) in [5.41, 5.74) is 6.40. The zero-order chi connectivity index (χ0) is 46.1. The van der Waals surface area contributed by atoms with Gasteiger partial charge in [-0.25, -0.2) is 4.98 Å². The monoisotopic (exact) mass is 979 g/mol.